The molecule has 35 heavy (non-hydrogen) atoms. The van der Waals surface area contributed by atoms with Crippen molar-refractivity contribution in [1.82, 2.24) is 9.38 Å². The Labute approximate surface area is 208 Å². The van der Waals surface area contributed by atoms with Gasteiger partial charge in [0.1, 0.15) is 17.3 Å². The van der Waals surface area contributed by atoms with E-state index in [1.165, 1.54) is 17.4 Å². The Balaban J connectivity index is 1.35. The first kappa shape index (κ1) is 23.7. The van der Waals surface area contributed by atoms with Crippen LogP contribution in [0.1, 0.15) is 55.5 Å². The number of hydrogen-bond acceptors (Lipinski definition) is 7. The molecule has 3 heterocycles. The fraction of sp³-hybridized carbons (Fsp3) is 0.481. The zero-order valence-corrected chi connectivity index (χ0v) is 20.9. The summed E-state index contributed by atoms with van der Waals surface area (Å²) < 4.78 is 13.0. The molecule has 0 N–H and O–H groups in total. The normalized spacial score (nSPS) is 23.1. The topological polar surface area (TPSA) is 87.0 Å². The first-order chi connectivity index (χ1) is 16.9. The van der Waals surface area contributed by atoms with Crippen LogP contribution in [0.15, 0.2) is 40.5 Å². The van der Waals surface area contributed by atoms with E-state index in [0.717, 1.165) is 49.1 Å². The standard InChI is InChI=1S/C27H30N2O5S/c1-17-16-35-26-28-20(14-24(31)29(17)26)13-22-23(30)15-27(34-25(22)32,19-5-3-4-6-19)12-11-18-7-9-21(33-2)10-8-18/h7-10,14,16,19,22H,3-6,11-13,15H2,1-2H3. The van der Waals surface area contributed by atoms with Crippen LogP contribution in [0.25, 0.3) is 4.96 Å². The van der Waals surface area contributed by atoms with Crippen LogP contribution < -0.4 is 10.3 Å². The number of hydrogen-bond donors (Lipinski definition) is 0. The maximum Gasteiger partial charge on any atom is 0.317 e. The predicted octanol–water partition coefficient (Wildman–Crippen LogP) is 4.31. The van der Waals surface area contributed by atoms with E-state index in [9.17, 15) is 14.4 Å². The number of benzene rings is 1. The summed E-state index contributed by atoms with van der Waals surface area (Å²) in [5, 5.41) is 1.87. The SMILES string of the molecule is COc1ccc(CCC2(C3CCCC3)CC(=O)C(Cc3cc(=O)n4c(C)csc4n3)C(=O)O2)cc1. The third kappa shape index (κ3) is 4.63. The number of fused-ring (bicyclic) bond motifs is 1. The van der Waals surface area contributed by atoms with E-state index >= 15 is 0 Å². The Bertz CT molecular complexity index is 1290. The Morgan fingerprint density at radius 3 is 2.60 bits per heavy atom. The zero-order valence-electron chi connectivity index (χ0n) is 20.1. The number of aryl methyl sites for hydroxylation is 2. The summed E-state index contributed by atoms with van der Waals surface area (Å²) in [6.07, 6.45) is 5.80. The molecular formula is C27H30N2O5S. The van der Waals surface area contributed by atoms with Crippen LogP contribution in [-0.4, -0.2) is 33.8 Å². The molecule has 1 aliphatic heterocycles. The molecule has 1 saturated heterocycles. The van der Waals surface area contributed by atoms with Gasteiger partial charge in [-0.05, 0) is 56.2 Å². The van der Waals surface area contributed by atoms with Gasteiger partial charge in [-0.2, -0.15) is 0 Å². The molecule has 1 saturated carbocycles. The van der Waals surface area contributed by atoms with Gasteiger partial charge in [-0.15, -0.1) is 11.3 Å². The van der Waals surface area contributed by atoms with Gasteiger partial charge in [0.25, 0.3) is 5.56 Å². The number of aromatic nitrogens is 2. The molecule has 7 nitrogen and oxygen atoms in total. The number of ether oxygens (including phenoxy) is 2. The van der Waals surface area contributed by atoms with Gasteiger partial charge in [-0.1, -0.05) is 25.0 Å². The number of thiazole rings is 1. The lowest BCUT2D eigenvalue weighted by Crippen LogP contribution is -2.52. The van der Waals surface area contributed by atoms with E-state index in [4.69, 9.17) is 9.47 Å². The molecule has 5 rings (SSSR count). The molecule has 1 aromatic carbocycles. The van der Waals surface area contributed by atoms with E-state index in [2.05, 4.69) is 4.98 Å². The summed E-state index contributed by atoms with van der Waals surface area (Å²) in [5.41, 5.74) is 1.44. The van der Waals surface area contributed by atoms with Crippen molar-refractivity contribution in [2.24, 2.45) is 11.8 Å². The van der Waals surface area contributed by atoms with Crippen LogP contribution in [0.3, 0.4) is 0 Å². The average molecular weight is 495 g/mol. The van der Waals surface area contributed by atoms with Gasteiger partial charge in [0.05, 0.1) is 12.8 Å². The van der Waals surface area contributed by atoms with Crippen molar-refractivity contribution < 1.29 is 19.1 Å². The maximum absolute atomic E-state index is 13.4. The van der Waals surface area contributed by atoms with Gasteiger partial charge in [0, 0.05) is 30.0 Å². The number of cyclic esters (lactones) is 1. The summed E-state index contributed by atoms with van der Waals surface area (Å²) in [7, 11) is 1.64. The second kappa shape index (κ2) is 9.57. The van der Waals surface area contributed by atoms with Crippen molar-refractivity contribution in [3.05, 3.63) is 63.0 Å². The minimum atomic E-state index is -0.916. The van der Waals surface area contributed by atoms with Crippen molar-refractivity contribution in [2.75, 3.05) is 7.11 Å². The van der Waals surface area contributed by atoms with Crippen LogP contribution in [0.2, 0.25) is 0 Å². The van der Waals surface area contributed by atoms with Gasteiger partial charge in [-0.3, -0.25) is 18.8 Å². The maximum atomic E-state index is 13.4. The number of carbonyl (C=O) groups is 2. The molecule has 2 fully saturated rings. The number of rotatable bonds is 7. The molecule has 2 aliphatic rings. The third-order valence-electron chi connectivity index (χ3n) is 7.59. The second-order valence-corrected chi connectivity index (χ2v) is 10.6. The fourth-order valence-corrected chi connectivity index (χ4v) is 6.53. The van der Waals surface area contributed by atoms with E-state index in [0.29, 0.717) is 17.1 Å². The molecule has 0 spiro atoms. The smallest absolute Gasteiger partial charge is 0.317 e. The second-order valence-electron chi connectivity index (χ2n) is 9.80. The molecular weight excluding hydrogens is 464 g/mol. The van der Waals surface area contributed by atoms with Crippen molar-refractivity contribution in [3.63, 3.8) is 0 Å². The van der Waals surface area contributed by atoms with Crippen molar-refractivity contribution in [2.45, 2.75) is 63.9 Å². The van der Waals surface area contributed by atoms with E-state index in [1.807, 2.05) is 36.6 Å². The minimum absolute atomic E-state index is 0.0968. The summed E-state index contributed by atoms with van der Waals surface area (Å²) in [6.45, 7) is 1.85. The van der Waals surface area contributed by atoms with Crippen LogP contribution in [0, 0.1) is 18.8 Å². The van der Waals surface area contributed by atoms with Gasteiger partial charge in [0.2, 0.25) is 0 Å². The number of ketones is 1. The van der Waals surface area contributed by atoms with Gasteiger partial charge >= 0.3 is 5.97 Å². The molecule has 0 amide bonds. The quantitative estimate of drug-likeness (QED) is 0.359. The van der Waals surface area contributed by atoms with Crippen molar-refractivity contribution >= 4 is 28.1 Å². The highest BCUT2D eigenvalue weighted by Crippen LogP contribution is 2.45. The summed E-state index contributed by atoms with van der Waals surface area (Å²) in [6, 6.07) is 9.31. The van der Waals surface area contributed by atoms with Crippen molar-refractivity contribution in [1.29, 1.82) is 0 Å². The Hall–Kier alpha value is -3.00. The molecule has 3 aromatic rings. The van der Waals surface area contributed by atoms with Gasteiger partial charge in [0.15, 0.2) is 10.7 Å². The first-order valence-corrected chi connectivity index (χ1v) is 13.1. The molecule has 8 heteroatoms. The predicted molar refractivity (Wildman–Crippen MR) is 133 cm³/mol. The number of esters is 1. The highest BCUT2D eigenvalue weighted by Gasteiger charge is 2.51. The lowest BCUT2D eigenvalue weighted by atomic mass is 9.73. The average Bonchev–Trinajstić information content (AvgIpc) is 3.51. The zero-order chi connectivity index (χ0) is 24.6. The number of methoxy groups -OCH3 is 1. The molecule has 2 aromatic heterocycles. The number of Topliss-reactive ketones (excluding diaryl/α,β-unsaturated/α-hetero) is 1. The lowest BCUT2D eigenvalue weighted by molar-refractivity contribution is -0.185. The molecule has 184 valence electrons. The Morgan fingerprint density at radius 1 is 1.17 bits per heavy atom. The largest absolute Gasteiger partial charge is 0.497 e. The van der Waals surface area contributed by atoms with E-state index in [1.54, 1.807) is 11.5 Å². The molecule has 1 aliphatic carbocycles. The third-order valence-corrected chi connectivity index (χ3v) is 8.53. The van der Waals surface area contributed by atoms with Crippen LogP contribution in [-0.2, 0) is 27.2 Å². The monoisotopic (exact) mass is 494 g/mol. The summed E-state index contributed by atoms with van der Waals surface area (Å²) >= 11 is 1.37. The summed E-state index contributed by atoms with van der Waals surface area (Å²) in [5.74, 6) is -0.506. The lowest BCUT2D eigenvalue weighted by Gasteiger charge is -2.43. The van der Waals surface area contributed by atoms with Crippen LogP contribution >= 0.6 is 11.3 Å². The van der Waals surface area contributed by atoms with E-state index < -0.39 is 17.5 Å². The van der Waals surface area contributed by atoms with Crippen LogP contribution in [0.4, 0.5) is 0 Å². The highest BCUT2D eigenvalue weighted by molar-refractivity contribution is 7.15. The van der Waals surface area contributed by atoms with Gasteiger partial charge < -0.3 is 9.47 Å². The van der Waals surface area contributed by atoms with Crippen LogP contribution in [0.5, 0.6) is 5.75 Å². The van der Waals surface area contributed by atoms with E-state index in [-0.39, 0.29) is 30.1 Å². The summed E-state index contributed by atoms with van der Waals surface area (Å²) in [4.78, 5) is 44.3. The number of carbonyl (C=O) groups excluding carboxylic acids is 2. The molecule has 2 atom stereocenters. The minimum Gasteiger partial charge on any atom is -0.497 e. The van der Waals surface area contributed by atoms with Gasteiger partial charge in [-0.25, -0.2) is 4.98 Å². The Kier molecular flexibility index (Phi) is 6.49. The molecule has 0 bridgehead atoms. The molecule has 2 unspecified atom stereocenters. The molecule has 0 radical (unpaired) electrons. The first-order valence-electron chi connectivity index (χ1n) is 12.2. The Morgan fingerprint density at radius 2 is 1.91 bits per heavy atom. The number of nitrogens with zero attached hydrogens (tertiary/aromatic N) is 2. The highest BCUT2D eigenvalue weighted by atomic mass is 32.1. The van der Waals surface area contributed by atoms with Crippen molar-refractivity contribution in [3.8, 4) is 5.75 Å². The fourth-order valence-electron chi connectivity index (χ4n) is 5.64.